The van der Waals surface area contributed by atoms with Crippen molar-refractivity contribution in [2.75, 3.05) is 50.1 Å². The summed E-state index contributed by atoms with van der Waals surface area (Å²) >= 11 is 0. The summed E-state index contributed by atoms with van der Waals surface area (Å²) in [6, 6.07) is 11.7. The number of morpholine rings is 1. The van der Waals surface area contributed by atoms with E-state index in [2.05, 4.69) is 9.62 Å². The Kier molecular flexibility index (Phi) is 5.53. The van der Waals surface area contributed by atoms with Gasteiger partial charge in [0.25, 0.3) is 10.0 Å². The van der Waals surface area contributed by atoms with Crippen LogP contribution in [0.15, 0.2) is 47.4 Å². The molecule has 1 heterocycles. The van der Waals surface area contributed by atoms with Crippen molar-refractivity contribution in [1.29, 1.82) is 0 Å². The van der Waals surface area contributed by atoms with Crippen molar-refractivity contribution in [3.8, 4) is 11.5 Å². The number of hydrogen-bond acceptors (Lipinski definition) is 6. The van der Waals surface area contributed by atoms with Gasteiger partial charge in [0.2, 0.25) is 0 Å². The molecule has 0 bridgehead atoms. The summed E-state index contributed by atoms with van der Waals surface area (Å²) in [5.41, 5.74) is 1.31. The van der Waals surface area contributed by atoms with Gasteiger partial charge in [-0.2, -0.15) is 0 Å². The van der Waals surface area contributed by atoms with Crippen LogP contribution >= 0.6 is 0 Å². The van der Waals surface area contributed by atoms with E-state index in [1.165, 1.54) is 26.4 Å². The van der Waals surface area contributed by atoms with Crippen molar-refractivity contribution in [2.45, 2.75) is 4.90 Å². The first-order valence-corrected chi connectivity index (χ1v) is 9.69. The average Bonchev–Trinajstić information content (AvgIpc) is 2.68. The van der Waals surface area contributed by atoms with E-state index >= 15 is 0 Å². The summed E-state index contributed by atoms with van der Waals surface area (Å²) in [4.78, 5) is 2.30. The number of rotatable bonds is 6. The number of methoxy groups -OCH3 is 2. The molecule has 0 radical (unpaired) electrons. The molecule has 1 aliphatic heterocycles. The van der Waals surface area contributed by atoms with Crippen molar-refractivity contribution in [1.82, 2.24) is 0 Å². The standard InChI is InChI=1S/C18H22N2O5S/c1-23-15-4-6-16(7-5-15)26(21,22)19-17-13-14(3-8-18(17)24-2)20-9-11-25-12-10-20/h3-8,13,19H,9-12H2,1-2H3. The van der Waals surface area contributed by atoms with Gasteiger partial charge in [-0.25, -0.2) is 8.42 Å². The van der Waals surface area contributed by atoms with Crippen molar-refractivity contribution in [3.63, 3.8) is 0 Å². The topological polar surface area (TPSA) is 77.1 Å². The fourth-order valence-corrected chi connectivity index (χ4v) is 3.81. The summed E-state index contributed by atoms with van der Waals surface area (Å²) in [7, 11) is -0.707. The van der Waals surface area contributed by atoms with Gasteiger partial charge in [0.15, 0.2) is 0 Å². The van der Waals surface area contributed by atoms with E-state index in [4.69, 9.17) is 14.2 Å². The lowest BCUT2D eigenvalue weighted by Crippen LogP contribution is -2.36. The highest BCUT2D eigenvalue weighted by Gasteiger charge is 2.19. The molecule has 0 aromatic heterocycles. The summed E-state index contributed by atoms with van der Waals surface area (Å²) < 4.78 is 43.8. The Balaban J connectivity index is 1.88. The minimum absolute atomic E-state index is 0.150. The first-order chi connectivity index (χ1) is 12.5. The molecule has 0 spiro atoms. The van der Waals surface area contributed by atoms with E-state index in [1.54, 1.807) is 24.3 Å². The molecule has 0 unspecified atom stereocenters. The third kappa shape index (κ3) is 4.03. The van der Waals surface area contributed by atoms with Crippen molar-refractivity contribution in [3.05, 3.63) is 42.5 Å². The number of hydrogen-bond donors (Lipinski definition) is 1. The Morgan fingerprint density at radius 1 is 1.00 bits per heavy atom. The van der Waals surface area contributed by atoms with Crippen LogP contribution in [0, 0.1) is 0 Å². The second-order valence-electron chi connectivity index (χ2n) is 5.77. The predicted octanol–water partition coefficient (Wildman–Crippen LogP) is 2.34. The summed E-state index contributed by atoms with van der Waals surface area (Å²) in [5, 5.41) is 0. The lowest BCUT2D eigenvalue weighted by molar-refractivity contribution is 0.122. The van der Waals surface area contributed by atoms with E-state index in [0.29, 0.717) is 30.4 Å². The molecule has 0 atom stereocenters. The Labute approximate surface area is 153 Å². The molecule has 1 saturated heterocycles. The van der Waals surface area contributed by atoms with Gasteiger partial charge in [-0.3, -0.25) is 4.72 Å². The molecule has 8 heteroatoms. The van der Waals surface area contributed by atoms with Gasteiger partial charge in [-0.15, -0.1) is 0 Å². The van der Waals surface area contributed by atoms with Gasteiger partial charge in [-0.05, 0) is 42.5 Å². The van der Waals surface area contributed by atoms with Gasteiger partial charge < -0.3 is 19.1 Å². The van der Waals surface area contributed by atoms with Gasteiger partial charge in [0.1, 0.15) is 11.5 Å². The SMILES string of the molecule is COc1ccc(S(=O)(=O)Nc2cc(N3CCOCC3)ccc2OC)cc1. The zero-order valence-electron chi connectivity index (χ0n) is 14.8. The van der Waals surface area contributed by atoms with Gasteiger partial charge in [-0.1, -0.05) is 0 Å². The van der Waals surface area contributed by atoms with Crippen LogP contribution in [0.25, 0.3) is 0 Å². The van der Waals surface area contributed by atoms with Crippen molar-refractivity contribution < 1.29 is 22.6 Å². The molecule has 7 nitrogen and oxygen atoms in total. The lowest BCUT2D eigenvalue weighted by atomic mass is 10.2. The smallest absolute Gasteiger partial charge is 0.262 e. The molecule has 1 N–H and O–H groups in total. The lowest BCUT2D eigenvalue weighted by Gasteiger charge is -2.29. The predicted molar refractivity (Wildman–Crippen MR) is 99.8 cm³/mol. The normalized spacial score (nSPS) is 14.8. The van der Waals surface area contributed by atoms with Crippen LogP contribution < -0.4 is 19.1 Å². The second-order valence-corrected chi connectivity index (χ2v) is 7.45. The minimum atomic E-state index is -3.75. The molecular formula is C18H22N2O5S. The highest BCUT2D eigenvalue weighted by molar-refractivity contribution is 7.92. The van der Waals surface area contributed by atoms with Crippen LogP contribution in [0.4, 0.5) is 11.4 Å². The maximum atomic E-state index is 12.7. The minimum Gasteiger partial charge on any atom is -0.497 e. The number of anilines is 2. The van der Waals surface area contributed by atoms with E-state index in [1.807, 2.05) is 6.07 Å². The zero-order valence-corrected chi connectivity index (χ0v) is 15.6. The van der Waals surface area contributed by atoms with E-state index in [-0.39, 0.29) is 4.90 Å². The van der Waals surface area contributed by atoms with E-state index in [9.17, 15) is 8.42 Å². The monoisotopic (exact) mass is 378 g/mol. The first kappa shape index (κ1) is 18.3. The maximum absolute atomic E-state index is 12.7. The molecule has 1 fully saturated rings. The van der Waals surface area contributed by atoms with Gasteiger partial charge in [0, 0.05) is 18.8 Å². The van der Waals surface area contributed by atoms with Crippen LogP contribution in [0.2, 0.25) is 0 Å². The molecule has 0 aliphatic carbocycles. The summed E-state index contributed by atoms with van der Waals surface area (Å²) in [6.07, 6.45) is 0. The Morgan fingerprint density at radius 3 is 2.31 bits per heavy atom. The van der Waals surface area contributed by atoms with E-state index < -0.39 is 10.0 Å². The van der Waals surface area contributed by atoms with Gasteiger partial charge >= 0.3 is 0 Å². The number of nitrogens with one attached hydrogen (secondary N) is 1. The quantitative estimate of drug-likeness (QED) is 0.831. The zero-order chi connectivity index (χ0) is 18.6. The third-order valence-electron chi connectivity index (χ3n) is 4.17. The van der Waals surface area contributed by atoms with E-state index in [0.717, 1.165) is 18.8 Å². The summed E-state index contributed by atoms with van der Waals surface area (Å²) in [6.45, 7) is 2.83. The molecule has 2 aromatic carbocycles. The Hall–Kier alpha value is -2.45. The molecule has 2 aromatic rings. The molecule has 1 aliphatic rings. The Morgan fingerprint density at radius 2 is 1.69 bits per heavy atom. The highest BCUT2D eigenvalue weighted by Crippen LogP contribution is 2.32. The Bertz CT molecular complexity index is 846. The summed E-state index contributed by atoms with van der Waals surface area (Å²) in [5.74, 6) is 1.05. The number of ether oxygens (including phenoxy) is 3. The molecule has 0 saturated carbocycles. The van der Waals surface area contributed by atoms with Crippen LogP contribution in [0.1, 0.15) is 0 Å². The third-order valence-corrected chi connectivity index (χ3v) is 5.55. The van der Waals surface area contributed by atoms with Crippen LogP contribution in [0.5, 0.6) is 11.5 Å². The second kappa shape index (κ2) is 7.84. The fourth-order valence-electron chi connectivity index (χ4n) is 2.75. The fraction of sp³-hybridized carbons (Fsp3) is 0.333. The number of benzene rings is 2. The molecule has 140 valence electrons. The number of sulfonamides is 1. The maximum Gasteiger partial charge on any atom is 0.262 e. The van der Waals surface area contributed by atoms with Crippen LogP contribution in [0.3, 0.4) is 0 Å². The highest BCUT2D eigenvalue weighted by atomic mass is 32.2. The molecule has 26 heavy (non-hydrogen) atoms. The van der Waals surface area contributed by atoms with Crippen molar-refractivity contribution in [2.24, 2.45) is 0 Å². The molecule has 0 amide bonds. The van der Waals surface area contributed by atoms with Crippen LogP contribution in [-0.2, 0) is 14.8 Å². The van der Waals surface area contributed by atoms with Gasteiger partial charge in [0.05, 0.1) is 38.0 Å². The van der Waals surface area contributed by atoms with Crippen LogP contribution in [-0.4, -0.2) is 48.9 Å². The molecular weight excluding hydrogens is 356 g/mol. The largest absolute Gasteiger partial charge is 0.497 e. The average molecular weight is 378 g/mol. The first-order valence-electron chi connectivity index (χ1n) is 8.21. The molecule has 3 rings (SSSR count). The van der Waals surface area contributed by atoms with Crippen molar-refractivity contribution >= 4 is 21.4 Å². The number of nitrogens with zero attached hydrogens (tertiary/aromatic N) is 1.